The van der Waals surface area contributed by atoms with E-state index in [1.54, 1.807) is 0 Å². The second kappa shape index (κ2) is 4.42. The minimum Gasteiger partial charge on any atom is -0.403 e. The van der Waals surface area contributed by atoms with Crippen LogP contribution in [0.3, 0.4) is 0 Å². The highest BCUT2D eigenvalue weighted by molar-refractivity contribution is 5.50. The molecule has 0 bridgehead atoms. The van der Waals surface area contributed by atoms with Crippen molar-refractivity contribution in [1.82, 2.24) is 4.98 Å². The van der Waals surface area contributed by atoms with Gasteiger partial charge < -0.3 is 10.5 Å². The Hall–Kier alpha value is -2.74. The number of imidazole rings is 1. The Labute approximate surface area is 116 Å². The minimum absolute atomic E-state index is 0.154. The van der Waals surface area contributed by atoms with Crippen molar-refractivity contribution in [3.8, 4) is 11.9 Å². The maximum Gasteiger partial charge on any atom is 0.333 e. The lowest BCUT2D eigenvalue weighted by molar-refractivity contribution is -0.399. The third-order valence-electron chi connectivity index (χ3n) is 3.45. The summed E-state index contributed by atoms with van der Waals surface area (Å²) in [6.45, 7) is 3.93. The van der Waals surface area contributed by atoms with E-state index in [0.717, 1.165) is 17.1 Å². The van der Waals surface area contributed by atoms with E-state index in [0.29, 0.717) is 11.5 Å². The molecule has 4 N–H and O–H groups in total. The van der Waals surface area contributed by atoms with Gasteiger partial charge in [-0.05, 0) is 12.5 Å². The molecular formula is C15H15N4O+. The van der Waals surface area contributed by atoms with Gasteiger partial charge in [0.25, 0.3) is 5.82 Å². The van der Waals surface area contributed by atoms with Crippen LogP contribution < -0.4 is 15.5 Å². The predicted molar refractivity (Wildman–Crippen MR) is 72.6 cm³/mol. The third kappa shape index (κ3) is 1.82. The molecule has 0 aliphatic carbocycles. The predicted octanol–water partition coefficient (Wildman–Crippen LogP) is 1.66. The van der Waals surface area contributed by atoms with E-state index in [2.05, 4.69) is 16.0 Å². The summed E-state index contributed by atoms with van der Waals surface area (Å²) in [5.41, 5.74) is 9.31. The third-order valence-corrected chi connectivity index (χ3v) is 3.45. The lowest BCUT2D eigenvalue weighted by Gasteiger charge is -2.19. The smallest absolute Gasteiger partial charge is 0.333 e. The summed E-state index contributed by atoms with van der Waals surface area (Å²) in [5.74, 6) is 1.36. The van der Waals surface area contributed by atoms with Gasteiger partial charge in [-0.3, -0.25) is 0 Å². The molecular weight excluding hydrogens is 252 g/mol. The molecule has 5 heteroatoms. The molecule has 0 radical (unpaired) electrons. The molecule has 20 heavy (non-hydrogen) atoms. The number of aromatic amines is 2. The first-order chi connectivity index (χ1) is 9.60. The summed E-state index contributed by atoms with van der Waals surface area (Å²) in [5, 5.41) is 9.39. The Bertz CT molecular complexity index is 734. The van der Waals surface area contributed by atoms with Crippen LogP contribution in [0.1, 0.15) is 28.6 Å². The maximum atomic E-state index is 9.39. The number of aryl methyl sites for hydroxylation is 2. The topological polar surface area (TPSA) is 89.0 Å². The largest absolute Gasteiger partial charge is 0.403 e. The Kier molecular flexibility index (Phi) is 2.72. The van der Waals surface area contributed by atoms with Gasteiger partial charge in [0.1, 0.15) is 11.6 Å². The molecule has 2 heterocycles. The summed E-state index contributed by atoms with van der Waals surface area (Å²) in [6, 6.07) is 10.2. The van der Waals surface area contributed by atoms with Crippen molar-refractivity contribution in [2.75, 3.05) is 0 Å². The molecule has 1 aliphatic heterocycles. The average molecular weight is 267 g/mol. The first kappa shape index (κ1) is 12.3. The summed E-state index contributed by atoms with van der Waals surface area (Å²) in [4.78, 5) is 6.30. The summed E-state index contributed by atoms with van der Waals surface area (Å²) in [6.07, 6.45) is 0. The highest BCUT2D eigenvalue weighted by Crippen LogP contribution is 2.39. The number of nitriles is 1. The number of nitrogens with one attached hydrogen (secondary N) is 2. The van der Waals surface area contributed by atoms with E-state index in [1.807, 2.05) is 38.1 Å². The number of benzene rings is 1. The van der Waals surface area contributed by atoms with Gasteiger partial charge in [-0.1, -0.05) is 29.8 Å². The van der Waals surface area contributed by atoms with E-state index >= 15 is 0 Å². The van der Waals surface area contributed by atoms with Crippen LogP contribution in [0.15, 0.2) is 35.7 Å². The zero-order valence-electron chi connectivity index (χ0n) is 11.3. The van der Waals surface area contributed by atoms with Crippen molar-refractivity contribution >= 4 is 0 Å². The fourth-order valence-electron chi connectivity index (χ4n) is 2.47. The number of hydrogen-bond donors (Lipinski definition) is 2. The lowest BCUT2D eigenvalue weighted by atomic mass is 9.87. The van der Waals surface area contributed by atoms with Crippen LogP contribution >= 0.6 is 0 Å². The number of fused-ring (bicyclic) bond motifs is 1. The van der Waals surface area contributed by atoms with Gasteiger partial charge in [0, 0.05) is 6.92 Å². The van der Waals surface area contributed by atoms with E-state index in [9.17, 15) is 5.26 Å². The van der Waals surface area contributed by atoms with Crippen molar-refractivity contribution in [3.05, 3.63) is 58.4 Å². The normalized spacial score (nSPS) is 17.4. The Morgan fingerprint density at radius 1 is 1.30 bits per heavy atom. The first-order valence-corrected chi connectivity index (χ1v) is 6.36. The monoisotopic (exact) mass is 267 g/mol. The molecule has 1 aliphatic rings. The Balaban J connectivity index is 2.19. The summed E-state index contributed by atoms with van der Waals surface area (Å²) < 4.78 is 5.48. The molecule has 3 rings (SSSR count). The molecule has 0 saturated heterocycles. The van der Waals surface area contributed by atoms with Gasteiger partial charge in [-0.2, -0.15) is 5.26 Å². The second-order valence-electron chi connectivity index (χ2n) is 4.95. The van der Waals surface area contributed by atoms with Gasteiger partial charge in [0.2, 0.25) is 11.6 Å². The molecule has 2 aromatic rings. The average Bonchev–Trinajstić information content (AvgIpc) is 2.78. The van der Waals surface area contributed by atoms with E-state index < -0.39 is 0 Å². The highest BCUT2D eigenvalue weighted by Gasteiger charge is 2.37. The molecule has 0 spiro atoms. The van der Waals surface area contributed by atoms with Crippen LogP contribution in [0.25, 0.3) is 0 Å². The molecule has 100 valence electrons. The number of nitrogens with two attached hydrogens (primary N) is 1. The van der Waals surface area contributed by atoms with Crippen LogP contribution in [-0.2, 0) is 0 Å². The Morgan fingerprint density at radius 3 is 2.65 bits per heavy atom. The quantitative estimate of drug-likeness (QED) is 0.823. The molecule has 1 aromatic carbocycles. The van der Waals surface area contributed by atoms with Crippen molar-refractivity contribution < 1.29 is 9.72 Å². The van der Waals surface area contributed by atoms with Crippen molar-refractivity contribution in [2.24, 2.45) is 5.73 Å². The molecule has 1 atom stereocenters. The molecule has 1 aromatic heterocycles. The highest BCUT2D eigenvalue weighted by atomic mass is 16.5. The number of H-pyrrole nitrogens is 2. The molecule has 1 unspecified atom stereocenters. The van der Waals surface area contributed by atoms with Gasteiger partial charge in [-0.25, -0.2) is 9.97 Å². The van der Waals surface area contributed by atoms with Crippen LogP contribution in [-0.4, -0.2) is 4.98 Å². The van der Waals surface area contributed by atoms with E-state index in [4.69, 9.17) is 10.5 Å². The number of rotatable bonds is 1. The Morgan fingerprint density at radius 2 is 2.00 bits per heavy atom. The summed E-state index contributed by atoms with van der Waals surface area (Å²) in [7, 11) is 0. The van der Waals surface area contributed by atoms with Gasteiger partial charge in [-0.15, -0.1) is 0 Å². The van der Waals surface area contributed by atoms with E-state index in [-0.39, 0.29) is 11.8 Å². The first-order valence-electron chi connectivity index (χ1n) is 6.36. The maximum absolute atomic E-state index is 9.39. The number of allylic oxidation sites excluding steroid dienone is 1. The van der Waals surface area contributed by atoms with Crippen LogP contribution in [0, 0.1) is 25.2 Å². The number of aromatic nitrogens is 2. The van der Waals surface area contributed by atoms with Crippen LogP contribution in [0.4, 0.5) is 0 Å². The summed E-state index contributed by atoms with van der Waals surface area (Å²) >= 11 is 0. The van der Waals surface area contributed by atoms with Crippen molar-refractivity contribution in [3.63, 3.8) is 0 Å². The molecule has 0 fully saturated rings. The zero-order valence-corrected chi connectivity index (χ0v) is 11.3. The zero-order chi connectivity index (χ0) is 14.3. The lowest BCUT2D eigenvalue weighted by Crippen LogP contribution is -2.23. The van der Waals surface area contributed by atoms with Gasteiger partial charge >= 0.3 is 5.88 Å². The van der Waals surface area contributed by atoms with Crippen LogP contribution in [0.5, 0.6) is 5.88 Å². The molecule has 5 nitrogen and oxygen atoms in total. The molecule has 0 amide bonds. The second-order valence-corrected chi connectivity index (χ2v) is 4.95. The van der Waals surface area contributed by atoms with Crippen molar-refractivity contribution in [1.29, 1.82) is 5.26 Å². The van der Waals surface area contributed by atoms with E-state index in [1.165, 1.54) is 5.56 Å². The fraction of sp³-hybridized carbons (Fsp3) is 0.200. The SMILES string of the molecule is Cc1ccc(C2C(C#N)=C(N)Oc3[nH+]c(C)[nH]c32)cc1. The standard InChI is InChI=1S/C15H14N4O/c1-8-3-5-10(6-4-8)12-11(7-16)14(17)20-15-13(12)18-9(2)19-15/h3-6,12H,17H2,1-2H3,(H,18,19)/p+1. The van der Waals surface area contributed by atoms with Crippen molar-refractivity contribution in [2.45, 2.75) is 19.8 Å². The van der Waals surface area contributed by atoms with Crippen LogP contribution in [0.2, 0.25) is 0 Å². The fourth-order valence-corrected chi connectivity index (χ4v) is 2.47. The number of hydrogen-bond acceptors (Lipinski definition) is 3. The number of nitrogens with zero attached hydrogens (tertiary/aromatic N) is 1. The van der Waals surface area contributed by atoms with Gasteiger partial charge in [0.15, 0.2) is 0 Å². The molecule has 0 saturated carbocycles. The number of ether oxygens (including phenoxy) is 1. The van der Waals surface area contributed by atoms with Gasteiger partial charge in [0.05, 0.1) is 5.92 Å². The minimum atomic E-state index is -0.228.